The van der Waals surface area contributed by atoms with Gasteiger partial charge in [-0.2, -0.15) is 0 Å². The molecule has 0 aromatic rings. The predicted molar refractivity (Wildman–Crippen MR) is 58.1 cm³/mol. The van der Waals surface area contributed by atoms with Crippen molar-refractivity contribution >= 4 is 0 Å². The van der Waals surface area contributed by atoms with Crippen molar-refractivity contribution in [1.29, 1.82) is 0 Å². The van der Waals surface area contributed by atoms with Crippen molar-refractivity contribution in [2.45, 2.75) is 51.7 Å². The normalized spacial score (nSPS) is 32.4. The molecule has 0 bridgehead atoms. The first-order chi connectivity index (χ1) is 6.72. The molecule has 2 rings (SSSR count). The lowest BCUT2D eigenvalue weighted by atomic mass is 9.87. The molecule has 14 heavy (non-hydrogen) atoms. The number of rotatable bonds is 1. The molecule has 2 fully saturated rings. The van der Waals surface area contributed by atoms with E-state index in [0.29, 0.717) is 5.92 Å². The van der Waals surface area contributed by atoms with Crippen LogP contribution in [0, 0.1) is 11.8 Å². The molecule has 82 valence electrons. The van der Waals surface area contributed by atoms with Crippen molar-refractivity contribution in [3.8, 4) is 0 Å². The highest BCUT2D eigenvalue weighted by Gasteiger charge is 2.37. The molecule has 1 N–H and O–H groups in total. The van der Waals surface area contributed by atoms with Crippen molar-refractivity contribution in [3.63, 3.8) is 0 Å². The van der Waals surface area contributed by atoms with Crippen LogP contribution in [0.25, 0.3) is 0 Å². The minimum absolute atomic E-state index is 0.0731. The molecule has 1 saturated carbocycles. The Kier molecular flexibility index (Phi) is 3.13. The zero-order valence-electron chi connectivity index (χ0n) is 9.51. The summed E-state index contributed by atoms with van der Waals surface area (Å²) < 4.78 is 6.07. The average Bonchev–Trinajstić information content (AvgIpc) is 2.19. The van der Waals surface area contributed by atoms with Gasteiger partial charge in [-0.05, 0) is 37.5 Å². The lowest BCUT2D eigenvalue weighted by Crippen LogP contribution is -2.56. The molecule has 1 heterocycles. The first-order valence-electron chi connectivity index (χ1n) is 6.11. The molecule has 0 amide bonds. The number of hydrogen-bond donors (Lipinski definition) is 1. The van der Waals surface area contributed by atoms with Crippen LogP contribution in [0.3, 0.4) is 0 Å². The highest BCUT2D eigenvalue weighted by Crippen LogP contribution is 2.33. The second kappa shape index (κ2) is 4.19. The highest BCUT2D eigenvalue weighted by molar-refractivity contribution is 4.87. The smallest absolute Gasteiger partial charge is 0.119 e. The van der Waals surface area contributed by atoms with Crippen molar-refractivity contribution in [3.05, 3.63) is 0 Å². The van der Waals surface area contributed by atoms with Gasteiger partial charge in [-0.15, -0.1) is 0 Å². The first kappa shape index (κ1) is 10.4. The first-order valence-corrected chi connectivity index (χ1v) is 6.11. The molecule has 1 spiro atoms. The molecule has 0 aromatic carbocycles. The van der Waals surface area contributed by atoms with Crippen LogP contribution in [0.2, 0.25) is 0 Å². The minimum Gasteiger partial charge on any atom is -0.360 e. The van der Waals surface area contributed by atoms with Gasteiger partial charge in [0.15, 0.2) is 0 Å². The second-order valence-electron chi connectivity index (χ2n) is 5.25. The lowest BCUT2D eigenvalue weighted by molar-refractivity contribution is -0.140. The summed E-state index contributed by atoms with van der Waals surface area (Å²) in [7, 11) is 0. The van der Waals surface area contributed by atoms with Crippen molar-refractivity contribution in [2.75, 3.05) is 13.2 Å². The van der Waals surface area contributed by atoms with Crippen LogP contribution in [-0.2, 0) is 4.74 Å². The van der Waals surface area contributed by atoms with E-state index in [1.807, 2.05) is 0 Å². The zero-order valence-corrected chi connectivity index (χ0v) is 9.51. The van der Waals surface area contributed by atoms with E-state index in [0.717, 1.165) is 19.1 Å². The van der Waals surface area contributed by atoms with Crippen LogP contribution in [0.15, 0.2) is 0 Å². The maximum absolute atomic E-state index is 6.07. The molecule has 1 atom stereocenters. The van der Waals surface area contributed by atoms with E-state index in [1.165, 1.54) is 32.1 Å². The van der Waals surface area contributed by atoms with Crippen LogP contribution in [-0.4, -0.2) is 18.9 Å². The molecular formula is C12H23NO. The standard InChI is InChI=1S/C12H23NO/c1-10(2)11-8-13-12(14-9-11)6-4-3-5-7-12/h10-11,13H,3-9H2,1-2H3. The third kappa shape index (κ3) is 2.12. The van der Waals surface area contributed by atoms with Crippen molar-refractivity contribution in [2.24, 2.45) is 11.8 Å². The summed E-state index contributed by atoms with van der Waals surface area (Å²) in [4.78, 5) is 0. The molecule has 1 aliphatic heterocycles. The number of nitrogens with one attached hydrogen (secondary N) is 1. The molecule has 0 aromatic heterocycles. The lowest BCUT2D eigenvalue weighted by Gasteiger charge is -2.44. The summed E-state index contributed by atoms with van der Waals surface area (Å²) in [5.41, 5.74) is 0.0731. The van der Waals surface area contributed by atoms with Gasteiger partial charge in [-0.1, -0.05) is 20.3 Å². The van der Waals surface area contributed by atoms with E-state index in [4.69, 9.17) is 4.74 Å². The summed E-state index contributed by atoms with van der Waals surface area (Å²) >= 11 is 0. The van der Waals surface area contributed by atoms with E-state index < -0.39 is 0 Å². The van der Waals surface area contributed by atoms with Gasteiger partial charge in [-0.25, -0.2) is 0 Å². The van der Waals surface area contributed by atoms with Gasteiger partial charge in [0, 0.05) is 6.54 Å². The minimum atomic E-state index is 0.0731. The quantitative estimate of drug-likeness (QED) is 0.697. The molecule has 2 aliphatic rings. The van der Waals surface area contributed by atoms with E-state index in [9.17, 15) is 0 Å². The molecule has 2 heteroatoms. The van der Waals surface area contributed by atoms with E-state index in [-0.39, 0.29) is 5.72 Å². The Bertz CT molecular complexity index is 175. The van der Waals surface area contributed by atoms with E-state index in [1.54, 1.807) is 0 Å². The second-order valence-corrected chi connectivity index (χ2v) is 5.25. The summed E-state index contributed by atoms with van der Waals surface area (Å²) in [6.07, 6.45) is 6.49. The fourth-order valence-electron chi connectivity index (χ4n) is 2.57. The molecule has 1 aliphatic carbocycles. The Hall–Kier alpha value is -0.0800. The third-order valence-electron chi connectivity index (χ3n) is 3.86. The molecule has 0 radical (unpaired) electrons. The van der Waals surface area contributed by atoms with Gasteiger partial charge in [0.2, 0.25) is 0 Å². The molecular weight excluding hydrogens is 174 g/mol. The SMILES string of the molecule is CC(C)C1CNC2(CCCCC2)OC1. The van der Waals surface area contributed by atoms with Crippen LogP contribution >= 0.6 is 0 Å². The van der Waals surface area contributed by atoms with Crippen LogP contribution in [0.1, 0.15) is 46.0 Å². The summed E-state index contributed by atoms with van der Waals surface area (Å²) in [6, 6.07) is 0. The third-order valence-corrected chi connectivity index (χ3v) is 3.86. The number of ether oxygens (including phenoxy) is 1. The molecule has 1 saturated heterocycles. The van der Waals surface area contributed by atoms with Crippen LogP contribution < -0.4 is 5.32 Å². The van der Waals surface area contributed by atoms with Crippen LogP contribution in [0.5, 0.6) is 0 Å². The maximum atomic E-state index is 6.07. The van der Waals surface area contributed by atoms with Gasteiger partial charge in [-0.3, -0.25) is 5.32 Å². The number of hydrogen-bond acceptors (Lipinski definition) is 2. The molecule has 2 nitrogen and oxygen atoms in total. The summed E-state index contributed by atoms with van der Waals surface area (Å²) in [5, 5.41) is 3.64. The van der Waals surface area contributed by atoms with Gasteiger partial charge >= 0.3 is 0 Å². The molecule has 1 unspecified atom stereocenters. The maximum Gasteiger partial charge on any atom is 0.119 e. The topological polar surface area (TPSA) is 21.3 Å². The summed E-state index contributed by atoms with van der Waals surface area (Å²) in [6.45, 7) is 6.69. The average molecular weight is 197 g/mol. The monoisotopic (exact) mass is 197 g/mol. The Balaban J connectivity index is 1.87. The van der Waals surface area contributed by atoms with Crippen molar-refractivity contribution in [1.82, 2.24) is 5.32 Å². The Morgan fingerprint density at radius 1 is 1.21 bits per heavy atom. The fraction of sp³-hybridized carbons (Fsp3) is 1.00. The van der Waals surface area contributed by atoms with Gasteiger partial charge in [0.25, 0.3) is 0 Å². The van der Waals surface area contributed by atoms with Crippen molar-refractivity contribution < 1.29 is 4.74 Å². The van der Waals surface area contributed by atoms with Gasteiger partial charge in [0.1, 0.15) is 5.72 Å². The Labute approximate surface area is 87.4 Å². The van der Waals surface area contributed by atoms with E-state index in [2.05, 4.69) is 19.2 Å². The Morgan fingerprint density at radius 2 is 1.93 bits per heavy atom. The van der Waals surface area contributed by atoms with Gasteiger partial charge < -0.3 is 4.74 Å². The zero-order chi connectivity index (χ0) is 10.0. The van der Waals surface area contributed by atoms with E-state index >= 15 is 0 Å². The van der Waals surface area contributed by atoms with Gasteiger partial charge in [0.05, 0.1) is 6.61 Å². The summed E-state index contributed by atoms with van der Waals surface area (Å²) in [5.74, 6) is 1.45. The largest absolute Gasteiger partial charge is 0.360 e. The van der Waals surface area contributed by atoms with Crippen LogP contribution in [0.4, 0.5) is 0 Å². The highest BCUT2D eigenvalue weighted by atomic mass is 16.5. The predicted octanol–water partition coefficient (Wildman–Crippen LogP) is 2.54. The Morgan fingerprint density at radius 3 is 2.43 bits per heavy atom. The fourth-order valence-corrected chi connectivity index (χ4v) is 2.57.